The Hall–Kier alpha value is -2.68. The van der Waals surface area contributed by atoms with Crippen molar-refractivity contribution in [2.24, 2.45) is 0 Å². The van der Waals surface area contributed by atoms with E-state index in [9.17, 15) is 4.79 Å². The third kappa shape index (κ3) is 2.92. The van der Waals surface area contributed by atoms with Crippen molar-refractivity contribution < 1.29 is 9.53 Å². The molecule has 0 saturated carbocycles. The summed E-state index contributed by atoms with van der Waals surface area (Å²) in [6, 6.07) is 17.8. The summed E-state index contributed by atoms with van der Waals surface area (Å²) in [5.41, 5.74) is 3.96. The summed E-state index contributed by atoms with van der Waals surface area (Å²) in [5.74, 6) is -0.307. The monoisotopic (exact) mass is 277 g/mol. The van der Waals surface area contributed by atoms with Crippen LogP contribution in [0.5, 0.6) is 0 Å². The van der Waals surface area contributed by atoms with Crippen LogP contribution in [0.15, 0.2) is 60.8 Å². The highest BCUT2D eigenvalue weighted by molar-refractivity contribution is 5.89. The summed E-state index contributed by atoms with van der Waals surface area (Å²) in [6.07, 6.45) is 2.62. The Balaban J connectivity index is 1.83. The van der Waals surface area contributed by atoms with Gasteiger partial charge in [-0.25, -0.2) is 4.79 Å². The fourth-order valence-corrected chi connectivity index (χ4v) is 2.35. The largest absolute Gasteiger partial charge is 0.465 e. The molecule has 1 aromatic heterocycles. The van der Waals surface area contributed by atoms with Crippen LogP contribution in [0, 0.1) is 0 Å². The van der Waals surface area contributed by atoms with Crippen LogP contribution in [0.2, 0.25) is 0 Å². The van der Waals surface area contributed by atoms with Crippen LogP contribution in [0.3, 0.4) is 0 Å². The smallest absolute Gasteiger partial charge is 0.337 e. The number of esters is 1. The molecule has 0 aliphatic heterocycles. The van der Waals surface area contributed by atoms with Crippen molar-refractivity contribution in [3.63, 3.8) is 0 Å². The summed E-state index contributed by atoms with van der Waals surface area (Å²) in [4.78, 5) is 15.7. The zero-order valence-corrected chi connectivity index (χ0v) is 11.7. The Labute approximate surface area is 123 Å². The van der Waals surface area contributed by atoms with Crippen LogP contribution < -0.4 is 0 Å². The van der Waals surface area contributed by atoms with Crippen LogP contribution >= 0.6 is 0 Å². The van der Waals surface area contributed by atoms with Crippen molar-refractivity contribution in [2.45, 2.75) is 6.42 Å². The highest BCUT2D eigenvalue weighted by Crippen LogP contribution is 2.17. The van der Waals surface area contributed by atoms with Gasteiger partial charge in [0.2, 0.25) is 0 Å². The maximum absolute atomic E-state index is 11.4. The van der Waals surface area contributed by atoms with Crippen LogP contribution in [0.1, 0.15) is 21.5 Å². The van der Waals surface area contributed by atoms with Gasteiger partial charge in [0.15, 0.2) is 0 Å². The zero-order valence-electron chi connectivity index (χ0n) is 11.7. The zero-order chi connectivity index (χ0) is 14.7. The van der Waals surface area contributed by atoms with Gasteiger partial charge in [-0.05, 0) is 47.9 Å². The van der Waals surface area contributed by atoms with Crippen molar-refractivity contribution in [3.8, 4) is 0 Å². The number of methoxy groups -OCH3 is 1. The summed E-state index contributed by atoms with van der Waals surface area (Å²) in [7, 11) is 1.39. The summed E-state index contributed by atoms with van der Waals surface area (Å²) >= 11 is 0. The van der Waals surface area contributed by atoms with E-state index < -0.39 is 0 Å². The first-order valence-electron chi connectivity index (χ1n) is 6.77. The average molecular weight is 277 g/mol. The molecular formula is C18H15NO2. The maximum atomic E-state index is 11.4. The molecule has 2 aromatic carbocycles. The van der Waals surface area contributed by atoms with Gasteiger partial charge in [-0.15, -0.1) is 0 Å². The third-order valence-corrected chi connectivity index (χ3v) is 3.45. The molecule has 0 atom stereocenters. The molecule has 0 radical (unpaired) electrons. The normalized spacial score (nSPS) is 10.5. The minimum atomic E-state index is -0.307. The van der Waals surface area contributed by atoms with Crippen molar-refractivity contribution in [1.29, 1.82) is 0 Å². The number of carbonyl (C=O) groups excluding carboxylic acids is 1. The molecule has 104 valence electrons. The molecule has 21 heavy (non-hydrogen) atoms. The second kappa shape index (κ2) is 5.75. The quantitative estimate of drug-likeness (QED) is 0.686. The van der Waals surface area contributed by atoms with E-state index >= 15 is 0 Å². The molecule has 0 aliphatic rings. The molecule has 3 heteroatoms. The molecule has 0 amide bonds. The number of benzene rings is 2. The van der Waals surface area contributed by atoms with Gasteiger partial charge in [0.1, 0.15) is 0 Å². The van der Waals surface area contributed by atoms with Gasteiger partial charge in [0.05, 0.1) is 18.2 Å². The molecular weight excluding hydrogens is 262 g/mol. The minimum Gasteiger partial charge on any atom is -0.465 e. The molecule has 0 aliphatic carbocycles. The Morgan fingerprint density at radius 3 is 2.57 bits per heavy atom. The number of carbonyl (C=O) groups is 1. The molecule has 1 heterocycles. The Morgan fingerprint density at radius 1 is 1.05 bits per heavy atom. The van der Waals surface area contributed by atoms with Crippen molar-refractivity contribution >= 4 is 16.9 Å². The fraction of sp³-hybridized carbons (Fsp3) is 0.111. The number of aromatic nitrogens is 1. The fourth-order valence-electron chi connectivity index (χ4n) is 2.35. The highest BCUT2D eigenvalue weighted by Gasteiger charge is 2.05. The Morgan fingerprint density at radius 2 is 1.81 bits per heavy atom. The first-order valence-corrected chi connectivity index (χ1v) is 6.77. The highest BCUT2D eigenvalue weighted by atomic mass is 16.5. The molecule has 0 saturated heterocycles. The predicted octanol–water partition coefficient (Wildman–Crippen LogP) is 3.61. The van der Waals surface area contributed by atoms with Crippen LogP contribution in [0.4, 0.5) is 0 Å². The van der Waals surface area contributed by atoms with Gasteiger partial charge in [-0.3, -0.25) is 4.98 Å². The molecule has 3 aromatic rings. The van der Waals surface area contributed by atoms with Crippen molar-refractivity contribution in [2.75, 3.05) is 7.11 Å². The molecule has 0 unspecified atom stereocenters. The number of hydrogen-bond acceptors (Lipinski definition) is 3. The summed E-state index contributed by atoms with van der Waals surface area (Å²) < 4.78 is 4.70. The van der Waals surface area contributed by atoms with E-state index in [0.29, 0.717) is 5.56 Å². The van der Waals surface area contributed by atoms with E-state index in [4.69, 9.17) is 4.74 Å². The first kappa shape index (κ1) is 13.3. The van der Waals surface area contributed by atoms with Gasteiger partial charge in [0.25, 0.3) is 0 Å². The van der Waals surface area contributed by atoms with E-state index in [1.165, 1.54) is 12.7 Å². The molecule has 0 N–H and O–H groups in total. The number of pyridine rings is 1. The topological polar surface area (TPSA) is 39.2 Å². The van der Waals surface area contributed by atoms with E-state index in [-0.39, 0.29) is 5.97 Å². The van der Waals surface area contributed by atoms with Gasteiger partial charge in [0, 0.05) is 11.6 Å². The van der Waals surface area contributed by atoms with Crippen LogP contribution in [0.25, 0.3) is 10.9 Å². The summed E-state index contributed by atoms with van der Waals surface area (Å²) in [5, 5.41) is 1.14. The van der Waals surface area contributed by atoms with Gasteiger partial charge >= 0.3 is 5.97 Å². The number of hydrogen-bond donors (Lipinski definition) is 0. The second-order valence-corrected chi connectivity index (χ2v) is 4.90. The molecule has 3 rings (SSSR count). The third-order valence-electron chi connectivity index (χ3n) is 3.45. The molecule has 3 nitrogen and oxygen atoms in total. The minimum absolute atomic E-state index is 0.307. The summed E-state index contributed by atoms with van der Waals surface area (Å²) in [6.45, 7) is 0. The Kier molecular flexibility index (Phi) is 3.65. The van der Waals surface area contributed by atoms with Crippen molar-refractivity contribution in [1.82, 2.24) is 4.98 Å². The number of rotatable bonds is 3. The standard InChI is InChI=1S/C18H15NO2/c1-21-18(20)15-7-4-13(5-8-15)11-14-6-9-17-16(12-14)3-2-10-19-17/h2-10,12H,11H2,1H3. The van der Waals surface area contributed by atoms with E-state index in [1.807, 2.05) is 24.3 Å². The molecule has 0 spiro atoms. The van der Waals surface area contributed by atoms with Gasteiger partial charge in [-0.2, -0.15) is 0 Å². The van der Waals surface area contributed by atoms with E-state index in [1.54, 1.807) is 18.3 Å². The number of fused-ring (bicyclic) bond motifs is 1. The van der Waals surface area contributed by atoms with Gasteiger partial charge in [-0.1, -0.05) is 24.3 Å². The van der Waals surface area contributed by atoms with Crippen LogP contribution in [-0.2, 0) is 11.2 Å². The number of nitrogens with zero attached hydrogens (tertiary/aromatic N) is 1. The lowest BCUT2D eigenvalue weighted by molar-refractivity contribution is 0.0600. The van der Waals surface area contributed by atoms with Gasteiger partial charge < -0.3 is 4.74 Å². The van der Waals surface area contributed by atoms with Crippen LogP contribution in [-0.4, -0.2) is 18.1 Å². The van der Waals surface area contributed by atoms with E-state index in [0.717, 1.165) is 22.9 Å². The second-order valence-electron chi connectivity index (χ2n) is 4.90. The van der Waals surface area contributed by atoms with Crippen molar-refractivity contribution in [3.05, 3.63) is 77.5 Å². The first-order chi connectivity index (χ1) is 10.3. The molecule has 0 bridgehead atoms. The molecule has 0 fully saturated rings. The lowest BCUT2D eigenvalue weighted by atomic mass is 10.0. The SMILES string of the molecule is COC(=O)c1ccc(Cc2ccc3ncccc3c2)cc1. The lowest BCUT2D eigenvalue weighted by Crippen LogP contribution is -2.01. The Bertz CT molecular complexity index is 779. The number of ether oxygens (including phenoxy) is 1. The maximum Gasteiger partial charge on any atom is 0.337 e. The lowest BCUT2D eigenvalue weighted by Gasteiger charge is -2.05. The van der Waals surface area contributed by atoms with E-state index in [2.05, 4.69) is 23.2 Å². The predicted molar refractivity (Wildman–Crippen MR) is 82.3 cm³/mol. The average Bonchev–Trinajstić information content (AvgIpc) is 2.55.